The van der Waals surface area contributed by atoms with Crippen molar-refractivity contribution in [2.75, 3.05) is 0 Å². The molecule has 2 aromatic carbocycles. The first-order valence-corrected chi connectivity index (χ1v) is 7.19. The van der Waals surface area contributed by atoms with Crippen molar-refractivity contribution in [3.8, 4) is 22.8 Å². The van der Waals surface area contributed by atoms with Crippen LogP contribution in [0.4, 0.5) is 5.69 Å². The van der Waals surface area contributed by atoms with E-state index in [4.69, 9.17) is 0 Å². The van der Waals surface area contributed by atoms with Crippen molar-refractivity contribution in [1.82, 2.24) is 41.2 Å². The molecule has 15 nitrogen and oxygen atoms in total. The van der Waals surface area contributed by atoms with E-state index < -0.39 is 0 Å². The summed E-state index contributed by atoms with van der Waals surface area (Å²) in [5.41, 5.74) is 2.50. The number of rotatable bonds is 4. The molecule has 0 fully saturated rings. The number of hydrogen-bond acceptors (Lipinski definition) is 7. The van der Waals surface area contributed by atoms with E-state index in [1.165, 1.54) is 0 Å². The van der Waals surface area contributed by atoms with Crippen molar-refractivity contribution in [1.29, 1.82) is 0 Å². The molecule has 0 spiro atoms. The number of aromatic nitrogens is 8. The van der Waals surface area contributed by atoms with Crippen LogP contribution in [-0.2, 0) is 0 Å². The quantitative estimate of drug-likeness (QED) is 0.280. The maximum atomic E-state index is 12.3. The molecule has 0 aliphatic carbocycles. The summed E-state index contributed by atoms with van der Waals surface area (Å²) in [7, 11) is 0. The van der Waals surface area contributed by atoms with Crippen molar-refractivity contribution >= 4 is 11.6 Å². The third kappa shape index (κ3) is 8.77. The minimum Gasteiger partial charge on any atom is -0.623 e. The summed E-state index contributed by atoms with van der Waals surface area (Å²) >= 11 is 0. The zero-order chi connectivity index (χ0) is 17.1. The molecule has 1 amide bonds. The fourth-order valence-corrected chi connectivity index (χ4v) is 2.17. The van der Waals surface area contributed by atoms with Crippen molar-refractivity contribution in [3.63, 3.8) is 0 Å². The van der Waals surface area contributed by atoms with Crippen molar-refractivity contribution < 1.29 is 91.3 Å². The SMILES string of the molecule is O.O.O.O.O.O=C([N-]c1ccc(-c2nn[nH]n2)cc1)c1ccc(-c2nnn[n-]2)cc1.[Na+].[Na+]. The number of aromatic amines is 1. The summed E-state index contributed by atoms with van der Waals surface area (Å²) in [6.45, 7) is 0. The molecule has 0 aliphatic heterocycles. The third-order valence-corrected chi connectivity index (χ3v) is 3.41. The summed E-state index contributed by atoms with van der Waals surface area (Å²) < 4.78 is 0. The predicted molar refractivity (Wildman–Crippen MR) is 104 cm³/mol. The van der Waals surface area contributed by atoms with Gasteiger partial charge in [0.25, 0.3) is 0 Å². The number of benzene rings is 2. The fraction of sp³-hybridized carbons (Fsp3) is 0. The van der Waals surface area contributed by atoms with Gasteiger partial charge in [-0.1, -0.05) is 48.5 Å². The first-order valence-electron chi connectivity index (χ1n) is 7.19. The molecule has 2 aromatic heterocycles. The summed E-state index contributed by atoms with van der Waals surface area (Å²) in [6, 6.07) is 13.7. The molecular weight excluding hydrogens is 448 g/mol. The first-order chi connectivity index (χ1) is 12.3. The molecule has 11 N–H and O–H groups in total. The topological polar surface area (TPSA) is 296 Å². The first kappa shape index (κ1) is 37.2. The molecule has 0 saturated carbocycles. The van der Waals surface area contributed by atoms with Gasteiger partial charge in [0.15, 0.2) is 0 Å². The van der Waals surface area contributed by atoms with Gasteiger partial charge >= 0.3 is 59.1 Å². The second kappa shape index (κ2) is 17.4. The van der Waals surface area contributed by atoms with E-state index in [9.17, 15) is 4.79 Å². The fourth-order valence-electron chi connectivity index (χ4n) is 2.17. The maximum absolute atomic E-state index is 12.3. The second-order valence-electron chi connectivity index (χ2n) is 4.98. The average Bonchev–Trinajstić information content (AvgIpc) is 3.36. The molecule has 0 aliphatic rings. The zero-order valence-electron chi connectivity index (χ0n) is 17.1. The molecule has 0 bridgehead atoms. The Morgan fingerprint density at radius 1 is 0.812 bits per heavy atom. The number of tetrazole rings is 2. The molecule has 4 rings (SSSR count). The van der Waals surface area contributed by atoms with Crippen LogP contribution >= 0.6 is 0 Å². The third-order valence-electron chi connectivity index (χ3n) is 3.41. The standard InChI is InChI=1S/C15H10N9O.2Na.5H2O/c25-15(11-3-1-9(2-4-11)13-17-21-22-18-13)16-12-7-5-10(6-8-12)14-19-23-24-20-14;;;;;;;/h1-8H,(H2-,16,17,18,19,20,21,22,23,24,25);;;5*1H2/q-1;2*+1;;;;;/p-1. The van der Waals surface area contributed by atoms with Gasteiger partial charge in [0, 0.05) is 11.4 Å². The predicted octanol–water partition coefficient (Wildman–Crippen LogP) is -8.59. The van der Waals surface area contributed by atoms with Gasteiger partial charge in [-0.05, 0) is 16.3 Å². The Morgan fingerprint density at radius 3 is 1.91 bits per heavy atom. The van der Waals surface area contributed by atoms with Crippen LogP contribution in [0.1, 0.15) is 10.4 Å². The minimum absolute atomic E-state index is 0. The number of carbonyl (C=O) groups is 1. The number of nitrogens with zero attached hydrogens (tertiary/aromatic N) is 8. The van der Waals surface area contributed by atoms with Crippen LogP contribution in [-0.4, -0.2) is 69.4 Å². The summed E-state index contributed by atoms with van der Waals surface area (Å²) in [5.74, 6) is 0.540. The number of nitrogens with one attached hydrogen (secondary N) is 1. The van der Waals surface area contributed by atoms with Gasteiger partial charge in [0.05, 0.1) is 5.91 Å². The van der Waals surface area contributed by atoms with E-state index in [0.29, 0.717) is 22.9 Å². The van der Waals surface area contributed by atoms with Crippen molar-refractivity contribution in [2.24, 2.45) is 0 Å². The molecule has 2 heterocycles. The van der Waals surface area contributed by atoms with Crippen LogP contribution in [0, 0.1) is 0 Å². The van der Waals surface area contributed by atoms with E-state index in [1.54, 1.807) is 48.5 Å². The summed E-state index contributed by atoms with van der Waals surface area (Å²) in [6.07, 6.45) is 0. The minimum atomic E-state index is -0.349. The molecular formula is C15H19N9Na2O6. The summed E-state index contributed by atoms with van der Waals surface area (Å²) in [4.78, 5) is 12.3. The molecule has 0 atom stereocenters. The molecule has 162 valence electrons. The van der Waals surface area contributed by atoms with Gasteiger partial charge in [-0.3, -0.25) is 10.3 Å². The van der Waals surface area contributed by atoms with Gasteiger partial charge < -0.3 is 42.6 Å². The number of H-pyrrole nitrogens is 1. The molecule has 0 radical (unpaired) electrons. The smallest absolute Gasteiger partial charge is 0.623 e. The molecule has 32 heavy (non-hydrogen) atoms. The molecule has 0 unspecified atom stereocenters. The molecule has 4 aromatic rings. The van der Waals surface area contributed by atoms with Gasteiger partial charge in [-0.25, -0.2) is 0 Å². The van der Waals surface area contributed by atoms with E-state index in [1.807, 2.05) is 0 Å². The van der Waals surface area contributed by atoms with Crippen LogP contribution < -0.4 is 64.2 Å². The number of hydrogen-bond donors (Lipinski definition) is 1. The van der Waals surface area contributed by atoms with Gasteiger partial charge in [0.2, 0.25) is 5.82 Å². The Labute approximate surface area is 224 Å². The molecule has 17 heteroatoms. The largest absolute Gasteiger partial charge is 1.00 e. The van der Waals surface area contributed by atoms with Crippen molar-refractivity contribution in [2.45, 2.75) is 0 Å². The monoisotopic (exact) mass is 467 g/mol. The van der Waals surface area contributed by atoms with E-state index >= 15 is 0 Å². The maximum Gasteiger partial charge on any atom is 1.00 e. The van der Waals surface area contributed by atoms with Gasteiger partial charge in [0.1, 0.15) is 0 Å². The van der Waals surface area contributed by atoms with Crippen LogP contribution in [0.2, 0.25) is 0 Å². The second-order valence-corrected chi connectivity index (χ2v) is 4.98. The van der Waals surface area contributed by atoms with Crippen LogP contribution in [0.5, 0.6) is 0 Å². The van der Waals surface area contributed by atoms with Crippen molar-refractivity contribution in [3.05, 3.63) is 59.4 Å². The van der Waals surface area contributed by atoms with E-state index in [2.05, 4.69) is 46.6 Å². The Morgan fingerprint density at radius 2 is 1.41 bits per heavy atom. The van der Waals surface area contributed by atoms with E-state index in [-0.39, 0.29) is 92.4 Å². The molecule has 0 saturated heterocycles. The Bertz CT molecular complexity index is 987. The zero-order valence-corrected chi connectivity index (χ0v) is 21.1. The van der Waals surface area contributed by atoms with Crippen LogP contribution in [0.3, 0.4) is 0 Å². The average molecular weight is 467 g/mol. The Hall–Kier alpha value is -2.15. The van der Waals surface area contributed by atoms with Crippen LogP contribution in [0.25, 0.3) is 28.1 Å². The number of amides is 1. The van der Waals surface area contributed by atoms with Crippen LogP contribution in [0.15, 0.2) is 48.5 Å². The van der Waals surface area contributed by atoms with E-state index in [0.717, 1.165) is 11.1 Å². The van der Waals surface area contributed by atoms with Gasteiger partial charge in [-0.15, -0.1) is 15.9 Å². The normalized spacial score (nSPS) is 8.25. The Balaban J connectivity index is -0.000000560. The Kier molecular flexibility index (Phi) is 20.2. The number of carbonyl (C=O) groups excluding carboxylic acids is 1. The summed E-state index contributed by atoms with van der Waals surface area (Å²) in [5, 5.41) is 32.1. The van der Waals surface area contributed by atoms with Gasteiger partial charge in [-0.2, -0.15) is 10.4 Å².